The van der Waals surface area contributed by atoms with Crippen molar-refractivity contribution in [1.29, 1.82) is 0 Å². The van der Waals surface area contributed by atoms with Gasteiger partial charge in [0, 0.05) is 10.7 Å². The number of amides is 2. The van der Waals surface area contributed by atoms with Gasteiger partial charge in [-0.1, -0.05) is 17.7 Å². The second-order valence-electron chi connectivity index (χ2n) is 5.71. The van der Waals surface area contributed by atoms with Crippen LogP contribution in [-0.4, -0.2) is 45.6 Å². The van der Waals surface area contributed by atoms with E-state index in [1.165, 1.54) is 0 Å². The maximum Gasteiger partial charge on any atom is 0.238 e. The van der Waals surface area contributed by atoms with E-state index in [0.29, 0.717) is 21.9 Å². The lowest BCUT2D eigenvalue weighted by Gasteiger charge is -2.16. The number of nitrogens with one attached hydrogen (secondary N) is 2. The van der Waals surface area contributed by atoms with E-state index in [1.807, 2.05) is 12.1 Å². The van der Waals surface area contributed by atoms with Crippen molar-refractivity contribution < 1.29 is 9.59 Å². The molecule has 1 heterocycles. The third-order valence-corrected chi connectivity index (χ3v) is 4.31. The zero-order valence-electron chi connectivity index (χ0n) is 13.9. The Morgan fingerprint density at radius 2 is 1.73 bits per heavy atom. The SMILES string of the molecule is CN(CC(=O)Nc1ccc(Cl)cc1)CC(=O)Nc1cccc2nsnc12. The van der Waals surface area contributed by atoms with Crippen LogP contribution in [0.3, 0.4) is 0 Å². The molecule has 7 nitrogen and oxygen atoms in total. The number of anilines is 2. The van der Waals surface area contributed by atoms with Gasteiger partial charge in [-0.2, -0.15) is 8.75 Å². The summed E-state index contributed by atoms with van der Waals surface area (Å²) in [5.74, 6) is -0.444. The first-order valence-electron chi connectivity index (χ1n) is 7.76. The summed E-state index contributed by atoms with van der Waals surface area (Å²) in [5, 5.41) is 6.16. The van der Waals surface area contributed by atoms with E-state index in [-0.39, 0.29) is 24.9 Å². The lowest BCUT2D eigenvalue weighted by molar-refractivity contribution is -0.119. The number of hydrogen-bond acceptors (Lipinski definition) is 6. The Labute approximate surface area is 159 Å². The number of nitrogens with zero attached hydrogens (tertiary/aromatic N) is 3. The van der Waals surface area contributed by atoms with Crippen LogP contribution in [0.4, 0.5) is 11.4 Å². The molecule has 2 N–H and O–H groups in total. The molecule has 0 saturated heterocycles. The fourth-order valence-corrected chi connectivity index (χ4v) is 3.05. The fourth-order valence-electron chi connectivity index (χ4n) is 2.38. The van der Waals surface area contributed by atoms with E-state index in [2.05, 4.69) is 19.4 Å². The highest BCUT2D eigenvalue weighted by atomic mass is 35.5. The number of halogens is 1. The molecular formula is C17H16ClN5O2S. The average molecular weight is 390 g/mol. The van der Waals surface area contributed by atoms with Crippen LogP contribution >= 0.6 is 23.3 Å². The molecule has 0 aliphatic heterocycles. The molecule has 1 aromatic heterocycles. The molecule has 2 aromatic carbocycles. The van der Waals surface area contributed by atoms with E-state index in [1.54, 1.807) is 42.3 Å². The van der Waals surface area contributed by atoms with Crippen molar-refractivity contribution in [3.05, 3.63) is 47.5 Å². The Balaban J connectivity index is 1.51. The van der Waals surface area contributed by atoms with Crippen molar-refractivity contribution in [1.82, 2.24) is 13.6 Å². The van der Waals surface area contributed by atoms with Crippen molar-refractivity contribution in [3.63, 3.8) is 0 Å². The van der Waals surface area contributed by atoms with Crippen LogP contribution < -0.4 is 10.6 Å². The zero-order valence-corrected chi connectivity index (χ0v) is 15.5. The molecule has 3 rings (SSSR count). The van der Waals surface area contributed by atoms with Crippen molar-refractivity contribution in [2.75, 3.05) is 30.8 Å². The fraction of sp³-hybridized carbons (Fsp3) is 0.176. The Morgan fingerprint density at radius 3 is 2.46 bits per heavy atom. The van der Waals surface area contributed by atoms with Gasteiger partial charge < -0.3 is 10.6 Å². The van der Waals surface area contributed by atoms with Gasteiger partial charge in [-0.05, 0) is 43.4 Å². The molecule has 9 heteroatoms. The minimum absolute atomic E-state index is 0.0714. The molecule has 0 atom stereocenters. The summed E-state index contributed by atoms with van der Waals surface area (Å²) in [5.41, 5.74) is 2.66. The maximum atomic E-state index is 12.2. The molecule has 0 fully saturated rings. The van der Waals surface area contributed by atoms with Crippen LogP contribution in [0, 0.1) is 0 Å². The van der Waals surface area contributed by atoms with E-state index < -0.39 is 0 Å². The number of fused-ring (bicyclic) bond motifs is 1. The lowest BCUT2D eigenvalue weighted by atomic mass is 10.2. The molecule has 3 aromatic rings. The number of aromatic nitrogens is 2. The van der Waals surface area contributed by atoms with Crippen molar-refractivity contribution in [3.8, 4) is 0 Å². The Hall–Kier alpha value is -2.55. The minimum atomic E-state index is -0.229. The standard InChI is InChI=1S/C17H16ClN5O2S/c1-23(9-15(24)19-12-7-5-11(18)6-8-12)10-16(25)20-13-3-2-4-14-17(13)22-26-21-14/h2-8H,9-10H2,1H3,(H,19,24)(H,20,25). The van der Waals surface area contributed by atoms with Gasteiger partial charge in [-0.15, -0.1) is 0 Å². The third-order valence-electron chi connectivity index (χ3n) is 3.52. The van der Waals surface area contributed by atoms with Crippen LogP contribution in [0.1, 0.15) is 0 Å². The van der Waals surface area contributed by atoms with Crippen LogP contribution in [0.2, 0.25) is 5.02 Å². The van der Waals surface area contributed by atoms with E-state index >= 15 is 0 Å². The van der Waals surface area contributed by atoms with Crippen molar-refractivity contribution in [2.45, 2.75) is 0 Å². The molecular weight excluding hydrogens is 374 g/mol. The van der Waals surface area contributed by atoms with Gasteiger partial charge in [0.05, 0.1) is 30.5 Å². The molecule has 0 unspecified atom stereocenters. The molecule has 0 aliphatic rings. The maximum absolute atomic E-state index is 12.2. The first kappa shape index (κ1) is 18.2. The molecule has 0 bridgehead atoms. The number of hydrogen-bond donors (Lipinski definition) is 2. The highest BCUT2D eigenvalue weighted by molar-refractivity contribution is 7.00. The monoisotopic (exact) mass is 389 g/mol. The number of likely N-dealkylation sites (N-methyl/N-ethyl adjacent to an activating group) is 1. The molecule has 0 saturated carbocycles. The van der Waals surface area contributed by atoms with Crippen LogP contribution in [-0.2, 0) is 9.59 Å². The van der Waals surface area contributed by atoms with Gasteiger partial charge in [-0.25, -0.2) is 0 Å². The van der Waals surface area contributed by atoms with E-state index in [4.69, 9.17) is 11.6 Å². The molecule has 134 valence electrons. The number of benzene rings is 2. The highest BCUT2D eigenvalue weighted by Crippen LogP contribution is 2.21. The van der Waals surface area contributed by atoms with Crippen LogP contribution in [0.5, 0.6) is 0 Å². The Kier molecular flexibility index (Phi) is 5.77. The van der Waals surface area contributed by atoms with Crippen LogP contribution in [0.25, 0.3) is 11.0 Å². The summed E-state index contributed by atoms with van der Waals surface area (Å²) in [6.07, 6.45) is 0. The second-order valence-corrected chi connectivity index (χ2v) is 6.68. The summed E-state index contributed by atoms with van der Waals surface area (Å²) < 4.78 is 8.32. The Morgan fingerprint density at radius 1 is 1.04 bits per heavy atom. The summed E-state index contributed by atoms with van der Waals surface area (Å²) in [6.45, 7) is 0.153. The normalized spacial score (nSPS) is 10.9. The van der Waals surface area contributed by atoms with Gasteiger partial charge in [0.2, 0.25) is 11.8 Å². The second kappa shape index (κ2) is 8.22. The van der Waals surface area contributed by atoms with Crippen molar-refractivity contribution >= 4 is 57.6 Å². The smallest absolute Gasteiger partial charge is 0.238 e. The molecule has 0 radical (unpaired) electrons. The number of carbonyl (C=O) groups excluding carboxylic acids is 2. The van der Waals surface area contributed by atoms with Crippen molar-refractivity contribution in [2.24, 2.45) is 0 Å². The van der Waals surface area contributed by atoms with E-state index in [0.717, 1.165) is 17.2 Å². The number of rotatable bonds is 6. The topological polar surface area (TPSA) is 87.2 Å². The van der Waals surface area contributed by atoms with Gasteiger partial charge in [-0.3, -0.25) is 14.5 Å². The number of carbonyl (C=O) groups is 2. The first-order valence-corrected chi connectivity index (χ1v) is 8.87. The van der Waals surface area contributed by atoms with Gasteiger partial charge in [0.25, 0.3) is 0 Å². The van der Waals surface area contributed by atoms with Gasteiger partial charge >= 0.3 is 0 Å². The summed E-state index contributed by atoms with van der Waals surface area (Å²) in [4.78, 5) is 25.9. The van der Waals surface area contributed by atoms with E-state index in [9.17, 15) is 9.59 Å². The Bertz CT molecular complexity index is 928. The van der Waals surface area contributed by atoms with Crippen LogP contribution in [0.15, 0.2) is 42.5 Å². The molecule has 0 spiro atoms. The third kappa shape index (κ3) is 4.75. The summed E-state index contributed by atoms with van der Waals surface area (Å²) in [7, 11) is 1.70. The first-order chi connectivity index (χ1) is 12.5. The minimum Gasteiger partial charge on any atom is -0.325 e. The quantitative estimate of drug-likeness (QED) is 0.676. The predicted octanol–water partition coefficient (Wildman–Crippen LogP) is 2.85. The molecule has 26 heavy (non-hydrogen) atoms. The summed E-state index contributed by atoms with van der Waals surface area (Å²) in [6, 6.07) is 12.2. The largest absolute Gasteiger partial charge is 0.325 e. The zero-order chi connectivity index (χ0) is 18.5. The van der Waals surface area contributed by atoms with Gasteiger partial charge in [0.1, 0.15) is 11.0 Å². The molecule has 2 amide bonds. The lowest BCUT2D eigenvalue weighted by Crippen LogP contribution is -2.36. The highest BCUT2D eigenvalue weighted by Gasteiger charge is 2.13. The van der Waals surface area contributed by atoms with Gasteiger partial charge in [0.15, 0.2) is 0 Å². The molecule has 0 aliphatic carbocycles. The average Bonchev–Trinajstić information content (AvgIpc) is 3.06. The summed E-state index contributed by atoms with van der Waals surface area (Å²) >= 11 is 6.91. The predicted molar refractivity (Wildman–Crippen MR) is 104 cm³/mol.